The lowest BCUT2D eigenvalue weighted by atomic mass is 10.1. The van der Waals surface area contributed by atoms with Crippen molar-refractivity contribution in [2.24, 2.45) is 0 Å². The third-order valence-corrected chi connectivity index (χ3v) is 7.77. The molecule has 0 radical (unpaired) electrons. The zero-order valence-corrected chi connectivity index (χ0v) is 24.2. The molecule has 2 fully saturated rings. The Morgan fingerprint density at radius 1 is 0.952 bits per heavy atom. The fraction of sp³-hybridized carbons (Fsp3) is 0.400. The summed E-state index contributed by atoms with van der Waals surface area (Å²) in [6.45, 7) is 2.00. The predicted molar refractivity (Wildman–Crippen MR) is 150 cm³/mol. The van der Waals surface area contributed by atoms with Crippen molar-refractivity contribution in [1.29, 1.82) is 0 Å². The molecule has 0 saturated carbocycles. The summed E-state index contributed by atoms with van der Waals surface area (Å²) in [6, 6.07) is 5.55. The third-order valence-electron chi connectivity index (χ3n) is 6.98. The number of quaternary nitrogens is 1. The van der Waals surface area contributed by atoms with Gasteiger partial charge in [0, 0.05) is 31.2 Å². The number of rotatable bonds is 6. The lowest BCUT2D eigenvalue weighted by molar-refractivity contribution is -0.401. The first kappa shape index (κ1) is 30.6. The van der Waals surface area contributed by atoms with Gasteiger partial charge >= 0.3 is 6.18 Å². The van der Waals surface area contributed by atoms with Gasteiger partial charge in [-0.2, -0.15) is 28.6 Å². The molecule has 1 amide bonds. The van der Waals surface area contributed by atoms with Crippen molar-refractivity contribution in [1.82, 2.24) is 19.9 Å². The van der Waals surface area contributed by atoms with Crippen LogP contribution in [0.4, 0.5) is 36.4 Å². The molecule has 226 valence electrons. The summed E-state index contributed by atoms with van der Waals surface area (Å²) in [5, 5.41) is 25.6. The maximum atomic E-state index is 13.6. The van der Waals surface area contributed by atoms with Crippen LogP contribution < -0.4 is 20.0 Å². The number of alkyl halides is 3. The molecule has 5 rings (SSSR count). The third kappa shape index (κ3) is 6.39. The van der Waals surface area contributed by atoms with Gasteiger partial charge in [0.1, 0.15) is 15.9 Å². The highest BCUT2D eigenvalue weighted by atomic mass is 35.5. The summed E-state index contributed by atoms with van der Waals surface area (Å²) in [7, 11) is 0. The average molecular weight is 652 g/mol. The molecule has 0 aliphatic carbocycles. The number of nitrogens with zero attached hydrogens (tertiary/aromatic N) is 6. The SMILES string of the molecule is O=C(Nc1ccc(N2CCN([N+](O)(O)c3c(Cl)cc(Cl)cc3Cl)CC2)nc1)c1oc(N2CCCCC2)nc1C(F)(F)F. The fourth-order valence-electron chi connectivity index (χ4n) is 4.88. The minimum atomic E-state index is -4.88. The summed E-state index contributed by atoms with van der Waals surface area (Å²) >= 11 is 18.3. The highest BCUT2D eigenvalue weighted by Gasteiger charge is 2.43. The summed E-state index contributed by atoms with van der Waals surface area (Å²) < 4.78 is 46.2. The van der Waals surface area contributed by atoms with Crippen LogP contribution in [0.3, 0.4) is 0 Å². The molecule has 3 aromatic rings. The molecule has 1 aromatic carbocycles. The molecule has 4 heterocycles. The Labute approximate surface area is 253 Å². The lowest BCUT2D eigenvalue weighted by Crippen LogP contribution is -2.63. The van der Waals surface area contributed by atoms with Crippen molar-refractivity contribution >= 4 is 63.9 Å². The maximum absolute atomic E-state index is 13.6. The fourth-order valence-corrected chi connectivity index (χ4v) is 5.92. The van der Waals surface area contributed by atoms with Crippen molar-refractivity contribution in [2.45, 2.75) is 25.4 Å². The number of carbonyl (C=O) groups excluding carboxylic acids is 1. The van der Waals surface area contributed by atoms with E-state index in [9.17, 15) is 28.4 Å². The van der Waals surface area contributed by atoms with Crippen LogP contribution in [0.15, 0.2) is 34.9 Å². The number of hydrogen-bond acceptors (Lipinski definition) is 9. The van der Waals surface area contributed by atoms with Crippen LogP contribution in [0.25, 0.3) is 0 Å². The van der Waals surface area contributed by atoms with E-state index in [4.69, 9.17) is 39.2 Å². The molecule has 11 nitrogen and oxygen atoms in total. The quantitative estimate of drug-likeness (QED) is 0.214. The van der Waals surface area contributed by atoms with Crippen LogP contribution in [-0.2, 0) is 6.18 Å². The van der Waals surface area contributed by atoms with Gasteiger partial charge < -0.3 is 19.5 Å². The second-order valence-corrected chi connectivity index (χ2v) is 11.1. The molecule has 42 heavy (non-hydrogen) atoms. The van der Waals surface area contributed by atoms with E-state index in [0.717, 1.165) is 19.3 Å². The summed E-state index contributed by atoms with van der Waals surface area (Å²) in [4.78, 5) is 22.5. The first-order valence-electron chi connectivity index (χ1n) is 12.9. The number of anilines is 3. The number of hydrogen-bond donors (Lipinski definition) is 3. The van der Waals surface area contributed by atoms with Gasteiger partial charge in [-0.25, -0.2) is 4.98 Å². The molecule has 2 aromatic heterocycles. The van der Waals surface area contributed by atoms with Gasteiger partial charge in [0.15, 0.2) is 5.69 Å². The van der Waals surface area contributed by atoms with E-state index in [2.05, 4.69) is 15.3 Å². The summed E-state index contributed by atoms with van der Waals surface area (Å²) in [6.07, 6.45) is -1.02. The van der Waals surface area contributed by atoms with Crippen LogP contribution in [0.2, 0.25) is 15.1 Å². The molecule has 0 unspecified atom stereocenters. The molecule has 2 saturated heterocycles. The van der Waals surface area contributed by atoms with E-state index in [-0.39, 0.29) is 45.5 Å². The van der Waals surface area contributed by atoms with Gasteiger partial charge in [0.25, 0.3) is 17.6 Å². The van der Waals surface area contributed by atoms with Crippen LogP contribution in [0.1, 0.15) is 35.5 Å². The predicted octanol–water partition coefficient (Wildman–Crippen LogP) is 6.11. The Morgan fingerprint density at radius 2 is 1.60 bits per heavy atom. The van der Waals surface area contributed by atoms with Crippen molar-refractivity contribution in [3.63, 3.8) is 0 Å². The Morgan fingerprint density at radius 3 is 2.17 bits per heavy atom. The topological polar surface area (TPSA) is 118 Å². The van der Waals surface area contributed by atoms with Gasteiger partial charge in [0.2, 0.25) is 5.76 Å². The second kappa shape index (κ2) is 12.0. The number of halogens is 6. The maximum Gasteiger partial charge on any atom is 0.437 e. The lowest BCUT2D eigenvalue weighted by Gasteiger charge is -2.38. The standard InChI is InChI=1S/C25H25Cl3F3N7O4/c26-15-12-17(27)20(18(28)13-15)38(40,41)37-10-8-35(9-11-37)19-5-4-16(14-32-19)33-23(39)21-22(25(29,30)31)34-24(42-21)36-6-2-1-3-7-36/h4-5,12-14,40-41H,1-3,6-11H2/p+1. The Bertz CT molecular complexity index is 1420. The van der Waals surface area contributed by atoms with E-state index in [0.29, 0.717) is 32.0 Å². The van der Waals surface area contributed by atoms with Gasteiger partial charge in [-0.15, -0.1) is 0 Å². The molecule has 0 spiro atoms. The monoisotopic (exact) mass is 650 g/mol. The minimum absolute atomic E-state index is 0.0189. The number of aromatic nitrogens is 2. The Hall–Kier alpha value is -2.85. The second-order valence-electron chi connectivity index (χ2n) is 9.81. The number of oxazole rings is 1. The number of amides is 1. The largest absolute Gasteiger partial charge is 0.437 e. The summed E-state index contributed by atoms with van der Waals surface area (Å²) in [5.41, 5.74) is -1.37. The number of piperidine rings is 1. The minimum Gasteiger partial charge on any atom is -0.417 e. The molecular weight excluding hydrogens is 626 g/mol. The van der Waals surface area contributed by atoms with Gasteiger partial charge in [-0.05, 0) is 43.5 Å². The van der Waals surface area contributed by atoms with E-state index in [1.165, 1.54) is 29.4 Å². The summed E-state index contributed by atoms with van der Waals surface area (Å²) in [5.74, 6) is -1.51. The van der Waals surface area contributed by atoms with Gasteiger partial charge in [-0.1, -0.05) is 39.8 Å². The first-order chi connectivity index (χ1) is 19.8. The number of benzene rings is 1. The van der Waals surface area contributed by atoms with Crippen LogP contribution in [-0.4, -0.2) is 70.6 Å². The van der Waals surface area contributed by atoms with Crippen molar-refractivity contribution < 1.29 is 32.8 Å². The molecule has 0 atom stereocenters. The molecule has 2 aliphatic rings. The van der Waals surface area contributed by atoms with Gasteiger partial charge in [0.05, 0.1) is 29.9 Å². The molecule has 17 heteroatoms. The van der Waals surface area contributed by atoms with E-state index in [1.807, 2.05) is 4.90 Å². The first-order valence-corrected chi connectivity index (χ1v) is 14.1. The van der Waals surface area contributed by atoms with Crippen LogP contribution in [0, 0.1) is 0 Å². The number of nitrogens with one attached hydrogen (secondary N) is 1. The zero-order valence-electron chi connectivity index (χ0n) is 21.9. The van der Waals surface area contributed by atoms with Crippen LogP contribution in [0.5, 0.6) is 0 Å². The molecule has 2 aliphatic heterocycles. The van der Waals surface area contributed by atoms with Crippen molar-refractivity contribution in [2.75, 3.05) is 54.4 Å². The van der Waals surface area contributed by atoms with Gasteiger partial charge in [-0.3, -0.25) is 4.79 Å². The number of piperazine rings is 1. The van der Waals surface area contributed by atoms with E-state index < -0.39 is 28.5 Å². The zero-order chi connectivity index (χ0) is 30.2. The highest BCUT2D eigenvalue weighted by molar-refractivity contribution is 6.41. The molecular formula is C25H26Cl3F3N7O4+. The molecule has 0 bridgehead atoms. The van der Waals surface area contributed by atoms with Crippen molar-refractivity contribution in [3.05, 3.63) is 57.0 Å². The van der Waals surface area contributed by atoms with Crippen LogP contribution >= 0.6 is 34.8 Å². The van der Waals surface area contributed by atoms with E-state index >= 15 is 0 Å². The smallest absolute Gasteiger partial charge is 0.417 e. The number of carbonyl (C=O) groups is 1. The molecule has 3 N–H and O–H groups in total. The number of pyridine rings is 1. The highest BCUT2D eigenvalue weighted by Crippen LogP contribution is 2.40. The Balaban J connectivity index is 1.24. The Kier molecular flexibility index (Phi) is 8.77. The van der Waals surface area contributed by atoms with E-state index in [1.54, 1.807) is 11.0 Å². The normalized spacial score (nSPS) is 17.0. The van der Waals surface area contributed by atoms with Crippen molar-refractivity contribution in [3.8, 4) is 0 Å². The average Bonchev–Trinajstić information content (AvgIpc) is 3.40.